The quantitative estimate of drug-likeness (QED) is 0.733. The minimum absolute atomic E-state index is 0.212. The number of carbonyl (C=O) groups is 2. The summed E-state index contributed by atoms with van der Waals surface area (Å²) in [6.07, 6.45) is 0.437. The van der Waals surface area contributed by atoms with Crippen LogP contribution >= 0.6 is 38.6 Å². The number of methoxy groups -OCH3 is 2. The molecule has 2 aromatic rings. The predicted molar refractivity (Wildman–Crippen MR) is 86.8 cm³/mol. The van der Waals surface area contributed by atoms with Gasteiger partial charge in [-0.3, -0.25) is 9.59 Å². The van der Waals surface area contributed by atoms with Gasteiger partial charge < -0.3 is 9.47 Å². The Kier molecular flexibility index (Phi) is 5.55. The molecule has 0 saturated heterocycles. The Morgan fingerprint density at radius 2 is 1.71 bits per heavy atom. The van der Waals surface area contributed by atoms with Gasteiger partial charge in [-0.2, -0.15) is 0 Å². The van der Waals surface area contributed by atoms with Gasteiger partial charge in [0.25, 0.3) is 0 Å². The molecule has 0 saturated carbocycles. The van der Waals surface area contributed by atoms with E-state index in [0.29, 0.717) is 0 Å². The smallest absolute Gasteiger partial charge is 0.310 e. The zero-order chi connectivity index (χ0) is 15.4. The third kappa shape index (κ3) is 3.93. The van der Waals surface area contributed by atoms with Gasteiger partial charge in [-0.1, -0.05) is 0 Å². The zero-order valence-corrected chi connectivity index (χ0v) is 14.7. The molecule has 0 bridgehead atoms. The van der Waals surface area contributed by atoms with E-state index in [4.69, 9.17) is 9.47 Å². The summed E-state index contributed by atoms with van der Waals surface area (Å²) in [7, 11) is 2.75. The molecule has 0 unspecified atom stereocenters. The Bertz CT molecular complexity index is 660. The van der Waals surface area contributed by atoms with E-state index in [9.17, 15) is 9.59 Å². The Hall–Kier alpha value is -1.18. The summed E-state index contributed by atoms with van der Waals surface area (Å²) < 4.78 is 10.4. The molecule has 0 N–H and O–H groups in total. The van der Waals surface area contributed by atoms with Gasteiger partial charge in [0.1, 0.15) is 0 Å². The van der Waals surface area contributed by atoms with Crippen molar-refractivity contribution in [2.24, 2.45) is 0 Å². The first-order chi connectivity index (χ1) is 10.0. The van der Waals surface area contributed by atoms with E-state index in [-0.39, 0.29) is 24.8 Å². The van der Waals surface area contributed by atoms with Crippen LogP contribution in [0.15, 0.2) is 21.3 Å². The average molecular weight is 389 g/mol. The summed E-state index contributed by atoms with van der Waals surface area (Å²) in [5.41, 5.74) is 1.81. The van der Waals surface area contributed by atoms with Crippen LogP contribution in [0.3, 0.4) is 0 Å². The first-order valence-electron chi connectivity index (χ1n) is 6.03. The maximum Gasteiger partial charge on any atom is 0.310 e. The van der Waals surface area contributed by atoms with Crippen LogP contribution < -0.4 is 0 Å². The monoisotopic (exact) mass is 388 g/mol. The molecule has 0 atom stereocenters. The van der Waals surface area contributed by atoms with Gasteiger partial charge in [0.15, 0.2) is 0 Å². The molecule has 21 heavy (non-hydrogen) atoms. The molecule has 112 valence electrons. The van der Waals surface area contributed by atoms with Crippen molar-refractivity contribution in [1.82, 2.24) is 0 Å². The molecular weight excluding hydrogens is 376 g/mol. The van der Waals surface area contributed by atoms with Crippen LogP contribution in [0, 0.1) is 0 Å². The second-order valence-corrected chi connectivity index (χ2v) is 7.53. The molecule has 4 nitrogen and oxygen atoms in total. The number of ether oxygens (including phenoxy) is 2. The summed E-state index contributed by atoms with van der Waals surface area (Å²) in [6, 6.07) is 3.82. The maximum absolute atomic E-state index is 11.5. The molecule has 7 heteroatoms. The number of hydrogen-bond acceptors (Lipinski definition) is 6. The van der Waals surface area contributed by atoms with Crippen molar-refractivity contribution in [2.45, 2.75) is 12.8 Å². The summed E-state index contributed by atoms with van der Waals surface area (Å²) in [5, 5.41) is 1.93. The SMILES string of the molecule is COC(=O)Cc1ccsc1-c1sc(Br)cc1CC(=O)OC. The molecule has 0 aliphatic rings. The van der Waals surface area contributed by atoms with E-state index < -0.39 is 0 Å². The summed E-state index contributed by atoms with van der Waals surface area (Å²) in [4.78, 5) is 25.0. The third-order valence-electron chi connectivity index (χ3n) is 2.86. The van der Waals surface area contributed by atoms with Crippen LogP contribution in [0.4, 0.5) is 0 Å². The van der Waals surface area contributed by atoms with E-state index in [0.717, 1.165) is 24.7 Å². The highest BCUT2D eigenvalue weighted by atomic mass is 79.9. The van der Waals surface area contributed by atoms with Gasteiger partial charge >= 0.3 is 11.9 Å². The van der Waals surface area contributed by atoms with E-state index >= 15 is 0 Å². The van der Waals surface area contributed by atoms with E-state index in [1.807, 2.05) is 17.5 Å². The Labute approximate surface area is 138 Å². The van der Waals surface area contributed by atoms with Crippen molar-refractivity contribution in [3.05, 3.63) is 32.4 Å². The molecule has 2 aromatic heterocycles. The van der Waals surface area contributed by atoms with E-state index in [1.54, 1.807) is 22.7 Å². The van der Waals surface area contributed by atoms with Crippen LogP contribution in [0.1, 0.15) is 11.1 Å². The number of halogens is 1. The average Bonchev–Trinajstić information content (AvgIpc) is 3.04. The van der Waals surface area contributed by atoms with Crippen LogP contribution in [-0.4, -0.2) is 26.2 Å². The summed E-state index contributed by atoms with van der Waals surface area (Å²) in [6.45, 7) is 0. The van der Waals surface area contributed by atoms with Gasteiger partial charge in [0.2, 0.25) is 0 Å². The lowest BCUT2D eigenvalue weighted by atomic mass is 10.1. The summed E-state index contributed by atoms with van der Waals surface area (Å²) in [5.74, 6) is -0.563. The van der Waals surface area contributed by atoms with Gasteiger partial charge in [-0.25, -0.2) is 0 Å². The minimum Gasteiger partial charge on any atom is -0.469 e. The fourth-order valence-electron chi connectivity index (χ4n) is 1.85. The number of rotatable bonds is 5. The van der Waals surface area contributed by atoms with Gasteiger partial charge in [-0.15, -0.1) is 22.7 Å². The fourth-order valence-corrected chi connectivity index (χ4v) is 4.66. The van der Waals surface area contributed by atoms with E-state index in [1.165, 1.54) is 14.2 Å². The lowest BCUT2D eigenvalue weighted by Gasteiger charge is -2.04. The first kappa shape index (κ1) is 16.2. The van der Waals surface area contributed by atoms with Gasteiger partial charge in [0.05, 0.1) is 30.8 Å². The highest BCUT2D eigenvalue weighted by Crippen LogP contribution is 2.40. The normalized spacial score (nSPS) is 10.4. The lowest BCUT2D eigenvalue weighted by Crippen LogP contribution is -2.05. The molecule has 0 fully saturated rings. The third-order valence-corrected chi connectivity index (χ3v) is 5.66. The molecule has 0 aromatic carbocycles. The molecule has 0 spiro atoms. The predicted octanol–water partition coefficient (Wildman–Crippen LogP) is 3.67. The number of esters is 2. The molecule has 2 rings (SSSR count). The van der Waals surface area contributed by atoms with Crippen LogP contribution in [-0.2, 0) is 31.9 Å². The van der Waals surface area contributed by atoms with Crippen molar-refractivity contribution < 1.29 is 19.1 Å². The highest BCUT2D eigenvalue weighted by Gasteiger charge is 2.18. The second kappa shape index (κ2) is 7.20. The van der Waals surface area contributed by atoms with Crippen LogP contribution in [0.5, 0.6) is 0 Å². The zero-order valence-electron chi connectivity index (χ0n) is 11.5. The first-order valence-corrected chi connectivity index (χ1v) is 8.52. The maximum atomic E-state index is 11.5. The van der Waals surface area contributed by atoms with Crippen molar-refractivity contribution in [2.75, 3.05) is 14.2 Å². The number of thiophene rings is 2. The van der Waals surface area contributed by atoms with E-state index in [2.05, 4.69) is 15.9 Å². The van der Waals surface area contributed by atoms with Crippen LogP contribution in [0.2, 0.25) is 0 Å². The second-order valence-electron chi connectivity index (χ2n) is 4.19. The highest BCUT2D eigenvalue weighted by molar-refractivity contribution is 9.11. The minimum atomic E-state index is -0.285. The molecule has 0 radical (unpaired) electrons. The van der Waals surface area contributed by atoms with Crippen molar-refractivity contribution in [1.29, 1.82) is 0 Å². The van der Waals surface area contributed by atoms with Crippen molar-refractivity contribution in [3.63, 3.8) is 0 Å². The number of hydrogen-bond donors (Lipinski definition) is 0. The molecule has 0 aliphatic carbocycles. The summed E-state index contributed by atoms with van der Waals surface area (Å²) >= 11 is 6.54. The van der Waals surface area contributed by atoms with Gasteiger partial charge in [0, 0.05) is 9.75 Å². The van der Waals surface area contributed by atoms with Gasteiger partial charge in [-0.05, 0) is 44.6 Å². The molecular formula is C14H13BrO4S2. The molecule has 2 heterocycles. The van der Waals surface area contributed by atoms with Crippen molar-refractivity contribution >= 4 is 50.5 Å². The molecule has 0 amide bonds. The van der Waals surface area contributed by atoms with Crippen molar-refractivity contribution in [3.8, 4) is 9.75 Å². The number of carbonyl (C=O) groups excluding carboxylic acids is 2. The lowest BCUT2D eigenvalue weighted by molar-refractivity contribution is -0.140. The standard InChI is InChI=1S/C14H13BrO4S2/c1-18-11(16)6-8-3-4-20-13(8)14-9(5-10(15)21-14)7-12(17)19-2/h3-5H,6-7H2,1-2H3. The molecule has 0 aliphatic heterocycles. The largest absolute Gasteiger partial charge is 0.469 e. The Morgan fingerprint density at radius 1 is 1.10 bits per heavy atom. The Balaban J connectivity index is 2.36. The fraction of sp³-hybridized carbons (Fsp3) is 0.286. The van der Waals surface area contributed by atoms with Crippen LogP contribution in [0.25, 0.3) is 9.75 Å². The Morgan fingerprint density at radius 3 is 2.33 bits per heavy atom. The topological polar surface area (TPSA) is 52.6 Å².